The van der Waals surface area contributed by atoms with Crippen molar-refractivity contribution in [3.05, 3.63) is 59.8 Å². The van der Waals surface area contributed by atoms with Gasteiger partial charge in [-0.25, -0.2) is 8.78 Å². The Morgan fingerprint density at radius 2 is 1.86 bits per heavy atom. The molecule has 3 rings (SSSR count). The maximum absolute atomic E-state index is 13.3. The van der Waals surface area contributed by atoms with Gasteiger partial charge in [-0.15, -0.1) is 0 Å². The molecule has 0 spiro atoms. The molecule has 3 aromatic rings. The lowest BCUT2D eigenvalue weighted by atomic mass is 10.2. The Hall–Kier alpha value is -2.56. The molecule has 0 unspecified atom stereocenters. The molecule has 1 aromatic heterocycles. The van der Waals surface area contributed by atoms with Crippen LogP contribution in [-0.4, -0.2) is 12.1 Å². The highest BCUT2D eigenvalue weighted by atomic mass is 19.2. The summed E-state index contributed by atoms with van der Waals surface area (Å²) >= 11 is 0. The molecule has 108 valence electrons. The van der Waals surface area contributed by atoms with Crippen LogP contribution < -0.4 is 10.1 Å². The number of aromatic amines is 1. The second-order valence-corrected chi connectivity index (χ2v) is 4.70. The van der Waals surface area contributed by atoms with Crippen LogP contribution in [0.5, 0.6) is 5.75 Å². The van der Waals surface area contributed by atoms with Gasteiger partial charge in [0.15, 0.2) is 11.6 Å². The first-order valence-corrected chi connectivity index (χ1v) is 6.51. The number of benzene rings is 2. The number of ether oxygens (including phenoxy) is 1. The Labute approximate surface area is 120 Å². The summed E-state index contributed by atoms with van der Waals surface area (Å²) in [6, 6.07) is 12.0. The second-order valence-electron chi connectivity index (χ2n) is 4.70. The number of methoxy groups -OCH3 is 1. The fourth-order valence-electron chi connectivity index (χ4n) is 2.25. The van der Waals surface area contributed by atoms with Gasteiger partial charge in [0.2, 0.25) is 0 Å². The van der Waals surface area contributed by atoms with E-state index in [0.717, 1.165) is 28.7 Å². The van der Waals surface area contributed by atoms with Gasteiger partial charge < -0.3 is 15.0 Å². The summed E-state index contributed by atoms with van der Waals surface area (Å²) in [6.45, 7) is 0.454. The molecule has 2 aromatic carbocycles. The van der Waals surface area contributed by atoms with Gasteiger partial charge in [-0.3, -0.25) is 0 Å². The number of halogens is 2. The van der Waals surface area contributed by atoms with Gasteiger partial charge in [0.05, 0.1) is 19.3 Å². The van der Waals surface area contributed by atoms with E-state index < -0.39 is 11.6 Å². The number of nitrogens with one attached hydrogen (secondary N) is 2. The van der Waals surface area contributed by atoms with Crippen LogP contribution >= 0.6 is 0 Å². The maximum atomic E-state index is 13.3. The van der Waals surface area contributed by atoms with Crippen LogP contribution in [0.25, 0.3) is 10.9 Å². The quantitative estimate of drug-likeness (QED) is 0.759. The molecule has 0 radical (unpaired) electrons. The average molecular weight is 288 g/mol. The molecule has 2 N–H and O–H groups in total. The third-order valence-electron chi connectivity index (χ3n) is 3.30. The normalized spacial score (nSPS) is 10.8. The highest BCUT2D eigenvalue weighted by Crippen LogP contribution is 2.27. The molecule has 0 fully saturated rings. The number of H-pyrrole nitrogens is 1. The van der Waals surface area contributed by atoms with Crippen LogP contribution in [0.1, 0.15) is 5.69 Å². The first-order chi connectivity index (χ1) is 10.2. The van der Waals surface area contributed by atoms with Crippen LogP contribution in [-0.2, 0) is 6.54 Å². The number of anilines is 1. The third-order valence-corrected chi connectivity index (χ3v) is 3.30. The highest BCUT2D eigenvalue weighted by Gasteiger charge is 2.10. The molecule has 0 aliphatic heterocycles. The number of hydrogen-bond donors (Lipinski definition) is 2. The van der Waals surface area contributed by atoms with Crippen molar-refractivity contribution < 1.29 is 13.5 Å². The molecule has 0 aliphatic rings. The number of aromatic nitrogens is 1. The van der Waals surface area contributed by atoms with E-state index in [1.165, 1.54) is 7.11 Å². The third kappa shape index (κ3) is 2.67. The summed E-state index contributed by atoms with van der Waals surface area (Å²) in [5.74, 6) is -1.57. The van der Waals surface area contributed by atoms with E-state index >= 15 is 0 Å². The summed E-state index contributed by atoms with van der Waals surface area (Å²) in [5.41, 5.74) is 2.39. The lowest BCUT2D eigenvalue weighted by molar-refractivity contribution is 0.408. The monoisotopic (exact) mass is 288 g/mol. The summed E-state index contributed by atoms with van der Waals surface area (Å²) in [7, 11) is 1.42. The molecule has 0 saturated heterocycles. The Bertz CT molecular complexity index is 750. The zero-order valence-corrected chi connectivity index (χ0v) is 11.4. The van der Waals surface area contributed by atoms with E-state index in [1.54, 1.807) is 0 Å². The predicted octanol–water partition coefficient (Wildman–Crippen LogP) is 4.07. The van der Waals surface area contributed by atoms with Crippen molar-refractivity contribution in [1.82, 2.24) is 4.98 Å². The lowest BCUT2D eigenvalue weighted by Gasteiger charge is -2.11. The van der Waals surface area contributed by atoms with Gasteiger partial charge in [-0.1, -0.05) is 18.2 Å². The summed E-state index contributed by atoms with van der Waals surface area (Å²) in [6.07, 6.45) is 0. The van der Waals surface area contributed by atoms with Crippen molar-refractivity contribution in [2.75, 3.05) is 12.4 Å². The van der Waals surface area contributed by atoms with Crippen molar-refractivity contribution in [1.29, 1.82) is 0 Å². The van der Waals surface area contributed by atoms with Gasteiger partial charge >= 0.3 is 0 Å². The molecule has 0 saturated carbocycles. The van der Waals surface area contributed by atoms with Crippen LogP contribution in [0.15, 0.2) is 42.5 Å². The SMILES string of the molecule is COc1cc(F)c(F)cc1NCc1cc2ccccc2[nH]1. The maximum Gasteiger partial charge on any atom is 0.162 e. The Balaban J connectivity index is 1.82. The van der Waals surface area contributed by atoms with E-state index in [2.05, 4.69) is 10.3 Å². The van der Waals surface area contributed by atoms with Crippen molar-refractivity contribution in [3.8, 4) is 5.75 Å². The van der Waals surface area contributed by atoms with E-state index in [4.69, 9.17) is 4.74 Å². The molecular weight excluding hydrogens is 274 g/mol. The molecule has 0 aliphatic carbocycles. The minimum atomic E-state index is -0.928. The molecular formula is C16H14F2N2O. The fraction of sp³-hybridized carbons (Fsp3) is 0.125. The molecule has 21 heavy (non-hydrogen) atoms. The van der Waals surface area contributed by atoms with E-state index in [0.29, 0.717) is 12.2 Å². The summed E-state index contributed by atoms with van der Waals surface area (Å²) in [4.78, 5) is 3.26. The Morgan fingerprint density at radius 1 is 1.10 bits per heavy atom. The molecule has 0 amide bonds. The van der Waals surface area contributed by atoms with Crippen molar-refractivity contribution in [3.63, 3.8) is 0 Å². The van der Waals surface area contributed by atoms with Crippen LogP contribution in [0.3, 0.4) is 0 Å². The van der Waals surface area contributed by atoms with Crippen LogP contribution in [0.4, 0.5) is 14.5 Å². The molecule has 0 atom stereocenters. The van der Waals surface area contributed by atoms with E-state index in [1.807, 2.05) is 30.3 Å². The van der Waals surface area contributed by atoms with Crippen molar-refractivity contribution in [2.24, 2.45) is 0 Å². The summed E-state index contributed by atoms with van der Waals surface area (Å²) < 4.78 is 31.5. The first-order valence-electron chi connectivity index (χ1n) is 6.51. The van der Waals surface area contributed by atoms with Crippen molar-refractivity contribution >= 4 is 16.6 Å². The molecule has 1 heterocycles. The van der Waals surface area contributed by atoms with E-state index in [9.17, 15) is 8.78 Å². The van der Waals surface area contributed by atoms with Gasteiger partial charge in [-0.2, -0.15) is 0 Å². The predicted molar refractivity (Wildman–Crippen MR) is 78.5 cm³/mol. The lowest BCUT2D eigenvalue weighted by Crippen LogP contribution is -2.03. The van der Waals surface area contributed by atoms with E-state index in [-0.39, 0.29) is 5.75 Å². The number of fused-ring (bicyclic) bond motifs is 1. The Kier molecular flexibility index (Phi) is 3.48. The standard InChI is InChI=1S/C16H14F2N2O/c1-21-16-8-13(18)12(17)7-15(16)19-9-11-6-10-4-2-3-5-14(10)20-11/h2-8,19-20H,9H2,1H3. The molecule has 3 nitrogen and oxygen atoms in total. The fourth-order valence-corrected chi connectivity index (χ4v) is 2.25. The van der Waals surface area contributed by atoms with Gasteiger partial charge in [0.25, 0.3) is 0 Å². The highest BCUT2D eigenvalue weighted by molar-refractivity contribution is 5.80. The Morgan fingerprint density at radius 3 is 2.62 bits per heavy atom. The van der Waals surface area contributed by atoms with Crippen LogP contribution in [0, 0.1) is 11.6 Å². The second kappa shape index (κ2) is 5.44. The van der Waals surface area contributed by atoms with Gasteiger partial charge in [0, 0.05) is 23.3 Å². The van der Waals surface area contributed by atoms with Crippen LogP contribution in [0.2, 0.25) is 0 Å². The first kappa shape index (κ1) is 13.4. The molecule has 0 bridgehead atoms. The topological polar surface area (TPSA) is 37.0 Å². The number of para-hydroxylation sites is 1. The van der Waals surface area contributed by atoms with Gasteiger partial charge in [-0.05, 0) is 17.5 Å². The smallest absolute Gasteiger partial charge is 0.162 e. The van der Waals surface area contributed by atoms with Crippen molar-refractivity contribution in [2.45, 2.75) is 6.54 Å². The minimum Gasteiger partial charge on any atom is -0.494 e. The number of rotatable bonds is 4. The summed E-state index contributed by atoms with van der Waals surface area (Å²) in [5, 5.41) is 4.15. The average Bonchev–Trinajstić information content (AvgIpc) is 2.90. The number of hydrogen-bond acceptors (Lipinski definition) is 2. The zero-order chi connectivity index (χ0) is 14.8. The molecule has 5 heteroatoms. The minimum absolute atomic E-state index is 0.269. The largest absolute Gasteiger partial charge is 0.494 e. The van der Waals surface area contributed by atoms with Gasteiger partial charge in [0.1, 0.15) is 5.75 Å². The zero-order valence-electron chi connectivity index (χ0n) is 11.4.